The van der Waals surface area contributed by atoms with Crippen molar-refractivity contribution in [2.75, 3.05) is 25.0 Å². The molecule has 5 heterocycles. The number of fused-ring (bicyclic) bond motifs is 4. The lowest BCUT2D eigenvalue weighted by atomic mass is 9.80. The number of carbonyl (C=O) groups excluding carboxylic acids is 1. The Morgan fingerprint density at radius 1 is 0.983 bits per heavy atom. The number of pyridine rings is 3. The van der Waals surface area contributed by atoms with Gasteiger partial charge in [0, 0.05) is 73.7 Å². The first-order valence-electron chi connectivity index (χ1n) is 20.5. The highest BCUT2D eigenvalue weighted by atomic mass is 35.5. The van der Waals surface area contributed by atoms with Crippen LogP contribution in [0.2, 0.25) is 10.0 Å². The third kappa shape index (κ3) is 8.05. The molecular formula is C46H46Cl2FN7O3. The summed E-state index contributed by atoms with van der Waals surface area (Å²) in [5.41, 5.74) is 6.29. The first-order valence-corrected chi connectivity index (χ1v) is 21.2. The van der Waals surface area contributed by atoms with Crippen molar-refractivity contribution >= 4 is 69.4 Å². The van der Waals surface area contributed by atoms with Crippen LogP contribution in [0.5, 0.6) is 0 Å². The maximum atomic E-state index is 15.9. The summed E-state index contributed by atoms with van der Waals surface area (Å²) in [6.45, 7) is 3.89. The molecule has 1 atom stereocenters. The van der Waals surface area contributed by atoms with Gasteiger partial charge in [-0.3, -0.25) is 24.5 Å². The van der Waals surface area contributed by atoms with E-state index >= 15 is 4.39 Å². The first kappa shape index (κ1) is 39.5. The lowest BCUT2D eigenvalue weighted by molar-refractivity contribution is -0.148. The minimum absolute atomic E-state index is 0.104. The summed E-state index contributed by atoms with van der Waals surface area (Å²) in [5, 5.41) is 21.3. The van der Waals surface area contributed by atoms with Crippen molar-refractivity contribution in [3.8, 4) is 11.1 Å². The van der Waals surface area contributed by atoms with Gasteiger partial charge < -0.3 is 21.1 Å². The van der Waals surface area contributed by atoms with Gasteiger partial charge in [0.15, 0.2) is 5.82 Å². The number of aromatic nitrogens is 3. The van der Waals surface area contributed by atoms with E-state index < -0.39 is 17.2 Å². The third-order valence-corrected chi connectivity index (χ3v) is 14.0. The van der Waals surface area contributed by atoms with Crippen molar-refractivity contribution in [1.82, 2.24) is 30.5 Å². The van der Waals surface area contributed by atoms with E-state index in [0.717, 1.165) is 93.1 Å². The number of rotatable bonds is 13. The van der Waals surface area contributed by atoms with Crippen molar-refractivity contribution < 1.29 is 19.1 Å². The fraction of sp³-hybridized carbons (Fsp3) is 0.370. The van der Waals surface area contributed by atoms with Gasteiger partial charge in [-0.1, -0.05) is 53.5 Å². The average Bonchev–Trinajstić information content (AvgIpc) is 3.96. The second-order valence-electron chi connectivity index (χ2n) is 16.9. The maximum Gasteiger partial charge on any atom is 0.309 e. The van der Waals surface area contributed by atoms with Gasteiger partial charge in [-0.2, -0.15) is 0 Å². The molecule has 9 rings (SSSR count). The molecular weight excluding hydrogens is 788 g/mol. The van der Waals surface area contributed by atoms with Crippen LogP contribution < -0.4 is 16.0 Å². The second-order valence-corrected chi connectivity index (χ2v) is 17.6. The molecule has 0 spiro atoms. The second kappa shape index (κ2) is 16.3. The molecule has 0 unspecified atom stereocenters. The molecule has 10 nitrogen and oxygen atoms in total. The maximum absolute atomic E-state index is 15.9. The van der Waals surface area contributed by atoms with E-state index in [1.807, 2.05) is 48.7 Å². The lowest BCUT2D eigenvalue weighted by Crippen LogP contribution is -2.35. The van der Waals surface area contributed by atoms with Gasteiger partial charge in [0.25, 0.3) is 0 Å². The van der Waals surface area contributed by atoms with Crippen molar-refractivity contribution in [3.05, 3.63) is 111 Å². The van der Waals surface area contributed by atoms with Gasteiger partial charge in [-0.15, -0.1) is 0 Å². The van der Waals surface area contributed by atoms with Gasteiger partial charge in [-0.05, 0) is 116 Å². The Kier molecular flexibility index (Phi) is 10.9. The smallest absolute Gasteiger partial charge is 0.309 e. The van der Waals surface area contributed by atoms with Crippen LogP contribution >= 0.6 is 23.2 Å². The Balaban J connectivity index is 0.866. The Morgan fingerprint density at radius 3 is 2.58 bits per heavy atom. The molecule has 304 valence electrons. The Labute approximate surface area is 352 Å². The zero-order valence-corrected chi connectivity index (χ0v) is 34.2. The molecule has 59 heavy (non-hydrogen) atoms. The Bertz CT molecular complexity index is 2490. The van der Waals surface area contributed by atoms with Crippen molar-refractivity contribution in [1.29, 1.82) is 0 Å². The number of hydrogen-bond donors (Lipinski definition) is 4. The van der Waals surface area contributed by atoms with Gasteiger partial charge >= 0.3 is 5.97 Å². The summed E-state index contributed by atoms with van der Waals surface area (Å²) in [6, 6.07) is 17.1. The summed E-state index contributed by atoms with van der Waals surface area (Å²) in [6.07, 6.45) is 14.5. The summed E-state index contributed by atoms with van der Waals surface area (Å²) < 4.78 is 15.9. The molecule has 2 aliphatic heterocycles. The third-order valence-electron chi connectivity index (χ3n) is 13.1. The zero-order valence-electron chi connectivity index (χ0n) is 32.7. The largest absolute Gasteiger partial charge is 0.481 e. The van der Waals surface area contributed by atoms with Crippen molar-refractivity contribution in [3.63, 3.8) is 0 Å². The number of anilines is 2. The normalized spacial score (nSPS) is 22.8. The molecule has 1 saturated heterocycles. The van der Waals surface area contributed by atoms with Crippen LogP contribution in [0.15, 0.2) is 73.2 Å². The SMILES string of the molecule is O=C1CC[C@@H](CNCc2cnc3c(Nc4cccc(-c5cccc(/C=C(\F)c6cc7c(cn6)CN(CCC68CCC(C(=O)O)(CC6)C8)CC7)c5Cl)c4Cl)nccc3c2)N1. The molecule has 2 aromatic carbocycles. The highest BCUT2D eigenvalue weighted by Gasteiger charge is 2.57. The van der Waals surface area contributed by atoms with Gasteiger partial charge in [0.1, 0.15) is 11.3 Å². The van der Waals surface area contributed by atoms with Crippen LogP contribution in [-0.2, 0) is 29.1 Å². The fourth-order valence-electron chi connectivity index (χ4n) is 9.73. The Hall–Kier alpha value is -4.94. The number of halogens is 3. The summed E-state index contributed by atoms with van der Waals surface area (Å²) in [5.74, 6) is -0.439. The number of amides is 1. The highest BCUT2D eigenvalue weighted by Crippen LogP contribution is 2.63. The number of nitrogens with zero attached hydrogens (tertiary/aromatic N) is 4. The summed E-state index contributed by atoms with van der Waals surface area (Å²) in [4.78, 5) is 39.7. The molecule has 0 radical (unpaired) electrons. The summed E-state index contributed by atoms with van der Waals surface area (Å²) in [7, 11) is 0. The average molecular weight is 835 g/mol. The van der Waals surface area contributed by atoms with Gasteiger partial charge in [-0.25, -0.2) is 9.37 Å². The number of aliphatic carboxylic acids is 1. The van der Waals surface area contributed by atoms with Crippen LogP contribution in [0.4, 0.5) is 15.9 Å². The quantitative estimate of drug-likeness (QED) is 0.0917. The molecule has 3 aromatic heterocycles. The van der Waals surface area contributed by atoms with Crippen LogP contribution in [0.3, 0.4) is 0 Å². The number of carboxylic acids is 1. The molecule has 13 heteroatoms. The predicted molar refractivity (Wildman–Crippen MR) is 230 cm³/mol. The van der Waals surface area contributed by atoms with Crippen LogP contribution in [0.25, 0.3) is 33.9 Å². The van der Waals surface area contributed by atoms with E-state index in [-0.39, 0.29) is 23.1 Å². The van der Waals surface area contributed by atoms with Gasteiger partial charge in [0.2, 0.25) is 5.91 Å². The van der Waals surface area contributed by atoms with E-state index in [4.69, 9.17) is 28.2 Å². The highest BCUT2D eigenvalue weighted by molar-refractivity contribution is 6.39. The van der Waals surface area contributed by atoms with E-state index in [1.165, 1.54) is 6.08 Å². The molecule has 1 amide bonds. The molecule has 2 aliphatic carbocycles. The van der Waals surface area contributed by atoms with E-state index in [1.54, 1.807) is 18.5 Å². The topological polar surface area (TPSA) is 132 Å². The van der Waals surface area contributed by atoms with Crippen LogP contribution in [0, 0.1) is 10.8 Å². The summed E-state index contributed by atoms with van der Waals surface area (Å²) >= 11 is 14.0. The van der Waals surface area contributed by atoms with Gasteiger partial charge in [0.05, 0.1) is 26.8 Å². The number of carbonyl (C=O) groups is 2. The van der Waals surface area contributed by atoms with Crippen molar-refractivity contribution in [2.24, 2.45) is 10.8 Å². The fourth-order valence-corrected chi connectivity index (χ4v) is 10.3. The van der Waals surface area contributed by atoms with Crippen LogP contribution in [0.1, 0.15) is 79.3 Å². The Morgan fingerprint density at radius 2 is 1.80 bits per heavy atom. The minimum atomic E-state index is -0.618. The number of benzene rings is 2. The molecule has 3 fully saturated rings. The van der Waals surface area contributed by atoms with E-state index in [0.29, 0.717) is 63.3 Å². The predicted octanol–water partition coefficient (Wildman–Crippen LogP) is 9.36. The van der Waals surface area contributed by atoms with Crippen LogP contribution in [-0.4, -0.2) is 62.5 Å². The molecule has 2 saturated carbocycles. The minimum Gasteiger partial charge on any atom is -0.481 e. The number of carboxylic acid groups (broad SMARTS) is 1. The standard InChI is InChI=1S/C46H46Cl2FN7O3/c47-40-30(20-36(49)38-21-29-10-17-56(26-32(29)24-52-38)18-15-45-11-13-46(27-45,14-12-45)44(58)59)3-1-4-34(40)35-5-2-6-37(41(35)48)55-43-42-31(9-16-51-43)19-28(23-53-42)22-50-25-33-7-8-39(57)54-33/h1-6,9,16,19-21,23-24,33,50H,7-8,10-15,17-18,22,25-27H2,(H,51,55)(H,54,57)(H,58,59)/b36-20-/t33-,45?,46?/m0/s1. The molecule has 2 bridgehead atoms. The molecule has 4 N–H and O–H groups in total. The monoisotopic (exact) mass is 833 g/mol. The molecule has 4 aliphatic rings. The lowest BCUT2D eigenvalue weighted by Gasteiger charge is -2.33. The molecule has 5 aromatic rings. The van der Waals surface area contributed by atoms with E-state index in [2.05, 4.69) is 36.9 Å². The first-order chi connectivity index (χ1) is 28.6. The number of nitrogens with one attached hydrogen (secondary N) is 3. The zero-order chi connectivity index (χ0) is 40.7. The van der Waals surface area contributed by atoms with Crippen molar-refractivity contribution in [2.45, 2.75) is 76.9 Å². The van der Waals surface area contributed by atoms with E-state index in [9.17, 15) is 14.7 Å². The number of hydrogen-bond acceptors (Lipinski definition) is 8.